The number of fused-ring (bicyclic) bond motifs is 4. The molecule has 13 heteroatoms. The summed E-state index contributed by atoms with van der Waals surface area (Å²) in [6, 6.07) is 7.44. The van der Waals surface area contributed by atoms with Gasteiger partial charge in [0.1, 0.15) is 11.5 Å². The fourth-order valence-electron chi connectivity index (χ4n) is 4.87. The number of nitrogens with zero attached hydrogens (tertiary/aromatic N) is 5. The number of anilines is 3. The summed E-state index contributed by atoms with van der Waals surface area (Å²) in [7, 11) is -2.34. The molecular formula is C21H22F3N7O2S. The van der Waals surface area contributed by atoms with E-state index in [-0.39, 0.29) is 10.8 Å². The number of primary sulfonamides is 1. The van der Waals surface area contributed by atoms with Gasteiger partial charge in [0.05, 0.1) is 10.4 Å². The molecule has 1 aliphatic heterocycles. The van der Waals surface area contributed by atoms with Gasteiger partial charge < -0.3 is 5.32 Å². The van der Waals surface area contributed by atoms with Crippen LogP contribution in [-0.2, 0) is 15.6 Å². The summed E-state index contributed by atoms with van der Waals surface area (Å²) in [5.74, 6) is 0.690. The van der Waals surface area contributed by atoms with Gasteiger partial charge in [0.2, 0.25) is 16.0 Å². The number of hydrogen-bond acceptors (Lipinski definition) is 7. The molecule has 0 saturated heterocycles. The minimum absolute atomic E-state index is 0.0451. The van der Waals surface area contributed by atoms with Crippen molar-refractivity contribution in [2.24, 2.45) is 10.2 Å². The maximum absolute atomic E-state index is 14.2. The lowest BCUT2D eigenvalue weighted by molar-refractivity contribution is -0.0685. The zero-order chi connectivity index (χ0) is 24.3. The molecule has 3 N–H and O–H groups in total. The first-order valence-corrected chi connectivity index (χ1v) is 12.2. The van der Waals surface area contributed by atoms with Crippen molar-refractivity contribution in [3.8, 4) is 0 Å². The van der Waals surface area contributed by atoms with Crippen LogP contribution in [0.15, 0.2) is 46.5 Å². The molecule has 2 aliphatic rings. The average molecular weight is 494 g/mol. The third kappa shape index (κ3) is 3.68. The van der Waals surface area contributed by atoms with Gasteiger partial charge in [-0.2, -0.15) is 23.3 Å². The molecule has 0 radical (unpaired) electrons. The van der Waals surface area contributed by atoms with Crippen LogP contribution in [0.4, 0.5) is 30.6 Å². The first kappa shape index (κ1) is 22.6. The zero-order valence-corrected chi connectivity index (χ0v) is 19.0. The molecule has 0 bridgehead atoms. The van der Waals surface area contributed by atoms with Crippen molar-refractivity contribution in [3.05, 3.63) is 36.5 Å². The molecule has 1 aromatic carbocycles. The van der Waals surface area contributed by atoms with Crippen molar-refractivity contribution in [3.63, 3.8) is 0 Å². The average Bonchev–Trinajstić information content (AvgIpc) is 3.16. The summed E-state index contributed by atoms with van der Waals surface area (Å²) in [6.45, 7) is 0. The molecule has 1 aliphatic carbocycles. The molecular weight excluding hydrogens is 471 g/mol. The van der Waals surface area contributed by atoms with Gasteiger partial charge in [-0.15, -0.1) is 0 Å². The Morgan fingerprint density at radius 3 is 2.41 bits per heavy atom. The van der Waals surface area contributed by atoms with Crippen LogP contribution in [0.1, 0.15) is 32.1 Å². The van der Waals surface area contributed by atoms with Crippen molar-refractivity contribution in [2.45, 2.75) is 48.7 Å². The van der Waals surface area contributed by atoms with Crippen LogP contribution >= 0.6 is 0 Å². The summed E-state index contributed by atoms with van der Waals surface area (Å²) in [5, 5.41) is 13.9. The van der Waals surface area contributed by atoms with Gasteiger partial charge >= 0.3 is 6.18 Å². The van der Waals surface area contributed by atoms with E-state index in [2.05, 4.69) is 20.4 Å². The van der Waals surface area contributed by atoms with E-state index in [9.17, 15) is 21.6 Å². The molecule has 0 atom stereocenters. The maximum Gasteiger partial charge on any atom is 0.433 e. The van der Waals surface area contributed by atoms with Gasteiger partial charge in [-0.05, 0) is 43.2 Å². The lowest BCUT2D eigenvalue weighted by Gasteiger charge is -2.45. The third-order valence-electron chi connectivity index (χ3n) is 6.36. The van der Waals surface area contributed by atoms with Gasteiger partial charge in [-0.1, -0.05) is 19.3 Å². The molecule has 0 unspecified atom stereocenters. The summed E-state index contributed by atoms with van der Waals surface area (Å²) >= 11 is 0. The second-order valence-electron chi connectivity index (χ2n) is 8.57. The van der Waals surface area contributed by atoms with E-state index in [1.54, 1.807) is 16.8 Å². The SMILES string of the molecule is CN1N=C(C(F)(F)F)C2(CCCCC2)n2c1cc1cnc(Nc3ccc(S(N)(=O)=O)cc3)nc12. The number of benzene rings is 1. The second-order valence-corrected chi connectivity index (χ2v) is 10.1. The number of hydrogen-bond donors (Lipinski definition) is 2. The van der Waals surface area contributed by atoms with Crippen molar-refractivity contribution < 1.29 is 21.6 Å². The van der Waals surface area contributed by atoms with E-state index < -0.39 is 27.5 Å². The van der Waals surface area contributed by atoms with Crippen LogP contribution in [0.25, 0.3) is 11.0 Å². The standard InChI is InChI=1S/C21H22F3N7O2S/c1-30-16-11-13-12-26-19(27-14-5-7-15(8-6-14)34(25,32)33)28-17(13)31(16)20(9-3-2-4-10-20)18(29-30)21(22,23)24/h5-8,11-12H,2-4,9-10H2,1H3,(H2,25,32,33)(H,26,27,28). The smallest absolute Gasteiger partial charge is 0.324 e. The molecule has 34 heavy (non-hydrogen) atoms. The fourth-order valence-corrected chi connectivity index (χ4v) is 5.39. The van der Waals surface area contributed by atoms with Crippen LogP contribution in [0.3, 0.4) is 0 Å². The van der Waals surface area contributed by atoms with E-state index in [0.29, 0.717) is 48.2 Å². The first-order valence-electron chi connectivity index (χ1n) is 10.7. The molecule has 3 heterocycles. The Bertz CT molecular complexity index is 1390. The van der Waals surface area contributed by atoms with Gasteiger partial charge in [0.15, 0.2) is 5.71 Å². The van der Waals surface area contributed by atoms with Crippen molar-refractivity contribution >= 4 is 44.2 Å². The number of nitrogens with two attached hydrogens (primary N) is 1. The van der Waals surface area contributed by atoms with Gasteiger partial charge in [-0.25, -0.2) is 18.5 Å². The lowest BCUT2D eigenvalue weighted by Crippen LogP contribution is -2.54. The lowest BCUT2D eigenvalue weighted by atomic mass is 9.77. The highest BCUT2D eigenvalue weighted by atomic mass is 32.2. The Balaban J connectivity index is 1.61. The quantitative estimate of drug-likeness (QED) is 0.572. The summed E-state index contributed by atoms with van der Waals surface area (Å²) in [6.07, 6.45) is -0.219. The second kappa shape index (κ2) is 7.67. The minimum Gasteiger partial charge on any atom is -0.324 e. The Morgan fingerprint density at radius 1 is 1.12 bits per heavy atom. The molecule has 3 aromatic rings. The van der Waals surface area contributed by atoms with E-state index in [1.807, 2.05) is 0 Å². The molecule has 2 aromatic heterocycles. The molecule has 1 fully saturated rings. The number of halogens is 3. The predicted octanol–water partition coefficient (Wildman–Crippen LogP) is 3.85. The number of sulfonamides is 1. The zero-order valence-electron chi connectivity index (χ0n) is 18.2. The highest BCUT2D eigenvalue weighted by Crippen LogP contribution is 2.48. The fraction of sp³-hybridized carbons (Fsp3) is 0.381. The number of hydrazone groups is 1. The topological polar surface area (TPSA) is 118 Å². The third-order valence-corrected chi connectivity index (χ3v) is 7.29. The molecule has 0 amide bonds. The van der Waals surface area contributed by atoms with E-state index in [4.69, 9.17) is 5.14 Å². The van der Waals surface area contributed by atoms with Gasteiger partial charge in [0, 0.05) is 24.3 Å². The van der Waals surface area contributed by atoms with Crippen LogP contribution in [0.2, 0.25) is 0 Å². The van der Waals surface area contributed by atoms with E-state index >= 15 is 0 Å². The highest BCUT2D eigenvalue weighted by molar-refractivity contribution is 7.89. The van der Waals surface area contributed by atoms with E-state index in [1.165, 1.54) is 36.3 Å². The summed E-state index contributed by atoms with van der Waals surface area (Å²) < 4.78 is 67.1. The summed E-state index contributed by atoms with van der Waals surface area (Å²) in [5.41, 5.74) is -1.26. The Kier molecular flexibility index (Phi) is 5.09. The molecule has 180 valence electrons. The summed E-state index contributed by atoms with van der Waals surface area (Å²) in [4.78, 5) is 8.81. The number of aromatic nitrogens is 3. The predicted molar refractivity (Wildman–Crippen MR) is 122 cm³/mol. The molecule has 5 rings (SSSR count). The van der Waals surface area contributed by atoms with Crippen molar-refractivity contribution in [2.75, 3.05) is 17.4 Å². The first-order chi connectivity index (χ1) is 16.0. The molecule has 1 saturated carbocycles. The Morgan fingerprint density at radius 2 is 1.79 bits per heavy atom. The molecule has 9 nitrogen and oxygen atoms in total. The monoisotopic (exact) mass is 493 g/mol. The Labute approximate surface area is 193 Å². The number of nitrogens with one attached hydrogen (secondary N) is 1. The Hall–Kier alpha value is -3.19. The molecule has 1 spiro atoms. The highest BCUT2D eigenvalue weighted by Gasteiger charge is 2.55. The van der Waals surface area contributed by atoms with E-state index in [0.717, 1.165) is 6.42 Å². The maximum atomic E-state index is 14.2. The number of alkyl halides is 3. The van der Waals surface area contributed by atoms with Crippen LogP contribution in [0.5, 0.6) is 0 Å². The largest absolute Gasteiger partial charge is 0.433 e. The van der Waals surface area contributed by atoms with Crippen LogP contribution in [0, 0.1) is 0 Å². The van der Waals surface area contributed by atoms with Crippen molar-refractivity contribution in [1.29, 1.82) is 0 Å². The van der Waals surface area contributed by atoms with Crippen molar-refractivity contribution in [1.82, 2.24) is 14.5 Å². The van der Waals surface area contributed by atoms with Crippen LogP contribution < -0.4 is 15.5 Å². The normalized spacial score (nSPS) is 18.1. The van der Waals surface area contributed by atoms with Crippen LogP contribution in [-0.4, -0.2) is 41.9 Å². The van der Waals surface area contributed by atoms with Gasteiger partial charge in [-0.3, -0.25) is 9.58 Å². The van der Waals surface area contributed by atoms with Gasteiger partial charge in [0.25, 0.3) is 0 Å². The number of rotatable bonds is 3. The minimum atomic E-state index is -4.58.